The van der Waals surface area contributed by atoms with Gasteiger partial charge in [-0.2, -0.15) is 0 Å². The summed E-state index contributed by atoms with van der Waals surface area (Å²) >= 11 is 4.77. The first kappa shape index (κ1) is 8.90. The molecule has 0 bridgehead atoms. The van der Waals surface area contributed by atoms with Gasteiger partial charge < -0.3 is 9.52 Å². The Labute approximate surface area is 81.0 Å². The first-order chi connectivity index (χ1) is 6.27. The zero-order valence-corrected chi connectivity index (χ0v) is 8.01. The molecular formula is C8H12N2O2S. The van der Waals surface area contributed by atoms with Gasteiger partial charge in [0.15, 0.2) is 0 Å². The molecule has 2 N–H and O–H groups in total. The lowest BCUT2D eigenvalue weighted by Crippen LogP contribution is -2.22. The van der Waals surface area contributed by atoms with Crippen LogP contribution in [0.3, 0.4) is 0 Å². The van der Waals surface area contributed by atoms with Crippen LogP contribution in [0.15, 0.2) is 4.42 Å². The van der Waals surface area contributed by atoms with Crippen molar-refractivity contribution < 1.29 is 9.52 Å². The highest BCUT2D eigenvalue weighted by Crippen LogP contribution is 2.31. The van der Waals surface area contributed by atoms with Crippen LogP contribution in [-0.2, 0) is 0 Å². The Bertz CT molecular complexity index is 333. The van der Waals surface area contributed by atoms with Crippen LogP contribution < -0.4 is 0 Å². The van der Waals surface area contributed by atoms with E-state index >= 15 is 0 Å². The number of hydrogen-bond acceptors (Lipinski definition) is 4. The number of aromatic nitrogens is 2. The lowest BCUT2D eigenvalue weighted by atomic mass is 9.86. The van der Waals surface area contributed by atoms with Gasteiger partial charge in [0.25, 0.3) is 4.84 Å². The van der Waals surface area contributed by atoms with Crippen LogP contribution in [0.25, 0.3) is 0 Å². The van der Waals surface area contributed by atoms with Crippen molar-refractivity contribution in [1.82, 2.24) is 10.2 Å². The van der Waals surface area contributed by atoms with E-state index in [4.69, 9.17) is 16.6 Å². The van der Waals surface area contributed by atoms with Gasteiger partial charge in [-0.25, -0.2) is 5.10 Å². The molecule has 0 aliphatic heterocycles. The van der Waals surface area contributed by atoms with Gasteiger partial charge >= 0.3 is 0 Å². The number of nitrogens with zero attached hydrogens (tertiary/aromatic N) is 1. The predicted octanol–water partition coefficient (Wildman–Crippen LogP) is 1.75. The molecule has 0 spiro atoms. The Morgan fingerprint density at radius 2 is 2.23 bits per heavy atom. The van der Waals surface area contributed by atoms with Gasteiger partial charge in [-0.3, -0.25) is 0 Å². The van der Waals surface area contributed by atoms with Gasteiger partial charge in [0.1, 0.15) is 0 Å². The molecule has 13 heavy (non-hydrogen) atoms. The maximum Gasteiger partial charge on any atom is 0.284 e. The molecule has 0 unspecified atom stereocenters. The van der Waals surface area contributed by atoms with Crippen LogP contribution >= 0.6 is 12.2 Å². The molecule has 1 aromatic rings. The van der Waals surface area contributed by atoms with Crippen molar-refractivity contribution >= 4 is 12.2 Å². The Morgan fingerprint density at radius 3 is 2.85 bits per heavy atom. The Kier molecular flexibility index (Phi) is 2.46. The molecule has 1 aliphatic carbocycles. The van der Waals surface area contributed by atoms with Crippen molar-refractivity contribution in [2.75, 3.05) is 0 Å². The Balaban J connectivity index is 2.19. The topological polar surface area (TPSA) is 62.1 Å². The molecule has 1 aromatic heterocycles. The molecule has 4 nitrogen and oxygen atoms in total. The monoisotopic (exact) mass is 200 g/mol. The molecule has 5 heteroatoms. The van der Waals surface area contributed by atoms with Crippen LogP contribution in [0.2, 0.25) is 0 Å². The molecule has 0 aromatic carbocycles. The zero-order valence-electron chi connectivity index (χ0n) is 7.19. The zero-order chi connectivity index (χ0) is 9.26. The van der Waals surface area contributed by atoms with Crippen LogP contribution in [0, 0.1) is 4.84 Å². The number of aromatic amines is 1. The maximum atomic E-state index is 9.68. The third kappa shape index (κ3) is 1.81. The first-order valence-corrected chi connectivity index (χ1v) is 4.91. The second-order valence-corrected chi connectivity index (χ2v) is 3.78. The molecule has 0 saturated heterocycles. The fourth-order valence-electron chi connectivity index (χ4n) is 1.80. The minimum Gasteiger partial charge on any atom is -0.414 e. The summed E-state index contributed by atoms with van der Waals surface area (Å²) in [5.74, 6) is 0.582. The lowest BCUT2D eigenvalue weighted by Gasteiger charge is -2.24. The second-order valence-electron chi connectivity index (χ2n) is 3.41. The minimum atomic E-state index is -0.324. The molecular weight excluding hydrogens is 188 g/mol. The smallest absolute Gasteiger partial charge is 0.284 e. The van der Waals surface area contributed by atoms with E-state index in [1.165, 1.54) is 0 Å². The van der Waals surface area contributed by atoms with E-state index < -0.39 is 0 Å². The second kappa shape index (κ2) is 3.59. The molecule has 1 saturated carbocycles. The van der Waals surface area contributed by atoms with Gasteiger partial charge in [0, 0.05) is 0 Å². The summed E-state index contributed by atoms with van der Waals surface area (Å²) in [6.45, 7) is 0. The number of aliphatic hydroxyl groups excluding tert-OH is 1. The van der Waals surface area contributed by atoms with Crippen molar-refractivity contribution in [3.05, 3.63) is 10.7 Å². The fourth-order valence-corrected chi connectivity index (χ4v) is 1.93. The molecule has 1 fully saturated rings. The van der Waals surface area contributed by atoms with E-state index in [2.05, 4.69) is 10.2 Å². The van der Waals surface area contributed by atoms with Gasteiger partial charge in [0.05, 0.1) is 12.0 Å². The normalized spacial score (nSPS) is 29.0. The summed E-state index contributed by atoms with van der Waals surface area (Å²) in [6.07, 6.45) is 3.65. The fraction of sp³-hybridized carbons (Fsp3) is 0.750. The molecule has 2 rings (SSSR count). The summed E-state index contributed by atoms with van der Waals surface area (Å²) in [5.41, 5.74) is 0. The quantitative estimate of drug-likeness (QED) is 0.678. The first-order valence-electron chi connectivity index (χ1n) is 4.51. The van der Waals surface area contributed by atoms with E-state index in [-0.39, 0.29) is 16.9 Å². The summed E-state index contributed by atoms with van der Waals surface area (Å²) in [7, 11) is 0. The average Bonchev–Trinajstić information content (AvgIpc) is 2.53. The van der Waals surface area contributed by atoms with Crippen molar-refractivity contribution in [2.45, 2.75) is 37.7 Å². The van der Waals surface area contributed by atoms with E-state index in [1.54, 1.807) is 0 Å². The number of hydrogen-bond donors (Lipinski definition) is 2. The minimum absolute atomic E-state index is 0.0294. The van der Waals surface area contributed by atoms with Gasteiger partial charge in [-0.15, -0.1) is 5.10 Å². The molecule has 1 aliphatic rings. The number of aliphatic hydroxyl groups is 1. The molecule has 2 atom stereocenters. The predicted molar refractivity (Wildman–Crippen MR) is 48.9 cm³/mol. The average molecular weight is 200 g/mol. The van der Waals surface area contributed by atoms with Crippen LogP contribution in [0.1, 0.15) is 37.5 Å². The number of nitrogens with one attached hydrogen (secondary N) is 1. The van der Waals surface area contributed by atoms with E-state index in [0.29, 0.717) is 5.89 Å². The van der Waals surface area contributed by atoms with Crippen LogP contribution in [0.4, 0.5) is 0 Å². The van der Waals surface area contributed by atoms with E-state index in [0.717, 1.165) is 25.7 Å². The van der Waals surface area contributed by atoms with Gasteiger partial charge in [-0.05, 0) is 25.1 Å². The van der Waals surface area contributed by atoms with E-state index in [1.807, 2.05) is 0 Å². The van der Waals surface area contributed by atoms with Gasteiger partial charge in [0.2, 0.25) is 5.89 Å². The molecule has 1 heterocycles. The summed E-state index contributed by atoms with van der Waals surface area (Å²) in [4.78, 5) is 0.285. The molecule has 0 amide bonds. The molecule has 72 valence electrons. The van der Waals surface area contributed by atoms with Gasteiger partial charge in [-0.1, -0.05) is 12.8 Å². The van der Waals surface area contributed by atoms with Crippen molar-refractivity contribution in [1.29, 1.82) is 0 Å². The maximum absolute atomic E-state index is 9.68. The van der Waals surface area contributed by atoms with Crippen LogP contribution in [0.5, 0.6) is 0 Å². The largest absolute Gasteiger partial charge is 0.414 e. The van der Waals surface area contributed by atoms with E-state index in [9.17, 15) is 5.11 Å². The third-order valence-corrected chi connectivity index (χ3v) is 2.68. The summed E-state index contributed by atoms with van der Waals surface area (Å²) in [5, 5.41) is 16.2. The Hall–Kier alpha value is -0.680. The van der Waals surface area contributed by atoms with Crippen LogP contribution in [-0.4, -0.2) is 21.4 Å². The number of H-pyrrole nitrogens is 1. The summed E-state index contributed by atoms with van der Waals surface area (Å²) < 4.78 is 5.18. The Morgan fingerprint density at radius 1 is 1.46 bits per heavy atom. The highest BCUT2D eigenvalue weighted by molar-refractivity contribution is 7.71. The van der Waals surface area contributed by atoms with Crippen molar-refractivity contribution in [3.63, 3.8) is 0 Å². The van der Waals surface area contributed by atoms with Crippen molar-refractivity contribution in [3.8, 4) is 0 Å². The highest BCUT2D eigenvalue weighted by atomic mass is 32.1. The lowest BCUT2D eigenvalue weighted by molar-refractivity contribution is 0.0938. The SMILES string of the molecule is O[C@H]1CCCC[C@@H]1c1n[nH]c(=S)o1. The third-order valence-electron chi connectivity index (χ3n) is 2.50. The molecule has 0 radical (unpaired) electrons. The standard InChI is InChI=1S/C8H12N2O2S/c11-6-4-2-1-3-5(6)7-9-10-8(13)12-7/h5-6,11H,1-4H2,(H,10,13)/t5-,6-/m0/s1. The number of rotatable bonds is 1. The summed E-state index contributed by atoms with van der Waals surface area (Å²) in [6, 6.07) is 0. The van der Waals surface area contributed by atoms with Crippen molar-refractivity contribution in [2.24, 2.45) is 0 Å². The highest BCUT2D eigenvalue weighted by Gasteiger charge is 2.28.